The third-order valence-electron chi connectivity index (χ3n) is 4.32. The molecule has 6 heteroatoms. The molecular formula is C14H22N4OS. The summed E-state index contributed by atoms with van der Waals surface area (Å²) < 4.78 is 0. The van der Waals surface area contributed by atoms with Crippen LogP contribution in [0.3, 0.4) is 0 Å². The summed E-state index contributed by atoms with van der Waals surface area (Å²) in [6, 6.07) is 0.225. The van der Waals surface area contributed by atoms with E-state index in [0.717, 1.165) is 57.0 Å². The molecule has 20 heavy (non-hydrogen) atoms. The summed E-state index contributed by atoms with van der Waals surface area (Å²) in [5.41, 5.74) is 5.92. The van der Waals surface area contributed by atoms with Crippen molar-refractivity contribution >= 4 is 22.4 Å². The SMILES string of the molecule is NC1CCC(C(=O)N2CCCN(c3nccs3)CC2)C1. The van der Waals surface area contributed by atoms with Gasteiger partial charge in [0.15, 0.2) is 5.13 Å². The van der Waals surface area contributed by atoms with E-state index in [9.17, 15) is 4.79 Å². The van der Waals surface area contributed by atoms with Gasteiger partial charge >= 0.3 is 0 Å². The van der Waals surface area contributed by atoms with Gasteiger partial charge in [0.05, 0.1) is 0 Å². The van der Waals surface area contributed by atoms with Crippen molar-refractivity contribution in [2.75, 3.05) is 31.1 Å². The van der Waals surface area contributed by atoms with Crippen molar-refractivity contribution in [2.45, 2.75) is 31.7 Å². The lowest BCUT2D eigenvalue weighted by Gasteiger charge is -2.24. The van der Waals surface area contributed by atoms with Crippen molar-refractivity contribution in [1.82, 2.24) is 9.88 Å². The lowest BCUT2D eigenvalue weighted by atomic mass is 10.1. The number of aromatic nitrogens is 1. The standard InChI is InChI=1S/C14H22N4OS/c15-12-3-2-11(10-12)13(19)17-5-1-6-18(8-7-17)14-16-4-9-20-14/h4,9,11-12H,1-3,5-8,10,15H2. The number of carbonyl (C=O) groups is 1. The lowest BCUT2D eigenvalue weighted by molar-refractivity contribution is -0.135. The molecule has 2 atom stereocenters. The first-order valence-corrected chi connectivity index (χ1v) is 8.31. The van der Waals surface area contributed by atoms with Crippen molar-refractivity contribution in [3.8, 4) is 0 Å². The van der Waals surface area contributed by atoms with Gasteiger partial charge in [-0.05, 0) is 25.7 Å². The Bertz CT molecular complexity index is 450. The molecule has 0 aromatic carbocycles. The first-order chi connectivity index (χ1) is 9.74. The highest BCUT2D eigenvalue weighted by Crippen LogP contribution is 2.27. The summed E-state index contributed by atoms with van der Waals surface area (Å²) in [5, 5.41) is 3.07. The molecule has 1 aliphatic heterocycles. The number of nitrogens with two attached hydrogens (primary N) is 1. The zero-order valence-corrected chi connectivity index (χ0v) is 12.5. The Morgan fingerprint density at radius 2 is 2.20 bits per heavy atom. The molecule has 2 fully saturated rings. The zero-order chi connectivity index (χ0) is 13.9. The molecule has 2 aliphatic rings. The average Bonchev–Trinajstić information content (AvgIpc) is 3.05. The van der Waals surface area contributed by atoms with Crippen LogP contribution >= 0.6 is 11.3 Å². The molecule has 2 heterocycles. The molecule has 5 nitrogen and oxygen atoms in total. The van der Waals surface area contributed by atoms with E-state index >= 15 is 0 Å². The highest BCUT2D eigenvalue weighted by atomic mass is 32.1. The summed E-state index contributed by atoms with van der Waals surface area (Å²) >= 11 is 1.67. The quantitative estimate of drug-likeness (QED) is 0.893. The third kappa shape index (κ3) is 2.96. The minimum atomic E-state index is 0.163. The van der Waals surface area contributed by atoms with Crippen LogP contribution in [-0.2, 0) is 4.79 Å². The Balaban J connectivity index is 1.58. The molecule has 0 spiro atoms. The Hall–Kier alpha value is -1.14. The number of anilines is 1. The Labute approximate surface area is 123 Å². The number of amides is 1. The second kappa shape index (κ2) is 6.10. The van der Waals surface area contributed by atoms with Gasteiger partial charge in [-0.15, -0.1) is 11.3 Å². The molecule has 1 saturated heterocycles. The number of thiazole rings is 1. The Morgan fingerprint density at radius 3 is 2.90 bits per heavy atom. The van der Waals surface area contributed by atoms with Crippen molar-refractivity contribution < 1.29 is 4.79 Å². The van der Waals surface area contributed by atoms with Crippen molar-refractivity contribution in [2.24, 2.45) is 11.7 Å². The van der Waals surface area contributed by atoms with E-state index in [-0.39, 0.29) is 12.0 Å². The number of hydrogen-bond donors (Lipinski definition) is 1. The minimum absolute atomic E-state index is 0.163. The highest BCUT2D eigenvalue weighted by molar-refractivity contribution is 7.13. The molecular weight excluding hydrogens is 272 g/mol. The highest BCUT2D eigenvalue weighted by Gasteiger charge is 2.31. The molecule has 1 aliphatic carbocycles. The molecule has 1 aromatic heterocycles. The predicted molar refractivity (Wildman–Crippen MR) is 80.8 cm³/mol. The van der Waals surface area contributed by atoms with Crippen LogP contribution in [0.1, 0.15) is 25.7 Å². The first kappa shape index (κ1) is 13.8. The Kier molecular flexibility index (Phi) is 4.21. The van der Waals surface area contributed by atoms with E-state index in [1.165, 1.54) is 0 Å². The van der Waals surface area contributed by atoms with Gasteiger partial charge in [0, 0.05) is 49.7 Å². The van der Waals surface area contributed by atoms with Crippen LogP contribution in [-0.4, -0.2) is 48.0 Å². The van der Waals surface area contributed by atoms with E-state index in [1.54, 1.807) is 11.3 Å². The van der Waals surface area contributed by atoms with Crippen LogP contribution in [0.5, 0.6) is 0 Å². The van der Waals surface area contributed by atoms with Crippen molar-refractivity contribution in [3.05, 3.63) is 11.6 Å². The second-order valence-corrected chi connectivity index (χ2v) is 6.62. The molecule has 3 rings (SSSR count). The van der Waals surface area contributed by atoms with Gasteiger partial charge in [0.1, 0.15) is 0 Å². The molecule has 0 bridgehead atoms. The third-order valence-corrected chi connectivity index (χ3v) is 5.15. The van der Waals surface area contributed by atoms with Gasteiger partial charge in [-0.2, -0.15) is 0 Å². The Morgan fingerprint density at radius 1 is 1.30 bits per heavy atom. The second-order valence-electron chi connectivity index (χ2n) is 5.75. The summed E-state index contributed by atoms with van der Waals surface area (Å²) in [7, 11) is 0. The number of nitrogens with zero attached hydrogens (tertiary/aromatic N) is 3. The van der Waals surface area contributed by atoms with Gasteiger partial charge < -0.3 is 15.5 Å². The monoisotopic (exact) mass is 294 g/mol. The number of carbonyl (C=O) groups excluding carboxylic acids is 1. The maximum atomic E-state index is 12.5. The summed E-state index contributed by atoms with van der Waals surface area (Å²) in [6.45, 7) is 3.55. The molecule has 1 amide bonds. The minimum Gasteiger partial charge on any atom is -0.346 e. The van der Waals surface area contributed by atoms with Gasteiger partial charge in [-0.25, -0.2) is 4.98 Å². The summed E-state index contributed by atoms with van der Waals surface area (Å²) in [6.07, 6.45) is 5.69. The van der Waals surface area contributed by atoms with Gasteiger partial charge in [-0.3, -0.25) is 4.79 Å². The van der Waals surface area contributed by atoms with Crippen LogP contribution in [0, 0.1) is 5.92 Å². The van der Waals surface area contributed by atoms with Crippen LogP contribution < -0.4 is 10.6 Å². The smallest absolute Gasteiger partial charge is 0.225 e. The topological polar surface area (TPSA) is 62.5 Å². The van der Waals surface area contributed by atoms with Crippen LogP contribution in [0.15, 0.2) is 11.6 Å². The fourth-order valence-electron chi connectivity index (χ4n) is 3.20. The fraction of sp³-hybridized carbons (Fsp3) is 0.714. The molecule has 110 valence electrons. The number of hydrogen-bond acceptors (Lipinski definition) is 5. The van der Waals surface area contributed by atoms with Crippen molar-refractivity contribution in [1.29, 1.82) is 0 Å². The van der Waals surface area contributed by atoms with Gasteiger partial charge in [0.2, 0.25) is 5.91 Å². The predicted octanol–water partition coefficient (Wildman–Crippen LogP) is 1.31. The largest absolute Gasteiger partial charge is 0.346 e. The molecule has 1 aromatic rings. The van der Waals surface area contributed by atoms with Crippen molar-refractivity contribution in [3.63, 3.8) is 0 Å². The maximum absolute atomic E-state index is 12.5. The molecule has 2 unspecified atom stereocenters. The molecule has 1 saturated carbocycles. The molecule has 0 radical (unpaired) electrons. The first-order valence-electron chi connectivity index (χ1n) is 7.43. The lowest BCUT2D eigenvalue weighted by Crippen LogP contribution is -2.38. The average molecular weight is 294 g/mol. The van der Waals surface area contributed by atoms with E-state index in [4.69, 9.17) is 5.73 Å². The fourth-order valence-corrected chi connectivity index (χ4v) is 3.90. The zero-order valence-electron chi connectivity index (χ0n) is 11.7. The van der Waals surface area contributed by atoms with Gasteiger partial charge in [-0.1, -0.05) is 0 Å². The van der Waals surface area contributed by atoms with Crippen LogP contribution in [0.2, 0.25) is 0 Å². The maximum Gasteiger partial charge on any atom is 0.225 e. The summed E-state index contributed by atoms with van der Waals surface area (Å²) in [4.78, 5) is 21.2. The van der Waals surface area contributed by atoms with E-state index < -0.39 is 0 Å². The number of rotatable bonds is 2. The van der Waals surface area contributed by atoms with Crippen LogP contribution in [0.25, 0.3) is 0 Å². The van der Waals surface area contributed by atoms with Crippen LogP contribution in [0.4, 0.5) is 5.13 Å². The van der Waals surface area contributed by atoms with Gasteiger partial charge in [0.25, 0.3) is 0 Å². The molecule has 2 N–H and O–H groups in total. The van der Waals surface area contributed by atoms with E-state index in [0.29, 0.717) is 5.91 Å². The van der Waals surface area contributed by atoms with E-state index in [2.05, 4.69) is 9.88 Å². The normalized spacial score (nSPS) is 27.6. The van der Waals surface area contributed by atoms with E-state index in [1.807, 2.05) is 16.5 Å². The summed E-state index contributed by atoms with van der Waals surface area (Å²) in [5.74, 6) is 0.482.